The highest BCUT2D eigenvalue weighted by atomic mass is 15.0. The van der Waals surface area contributed by atoms with Crippen molar-refractivity contribution in [2.24, 2.45) is 0 Å². The molecule has 0 radical (unpaired) electrons. The normalized spacial score (nSPS) is 9.94. The van der Waals surface area contributed by atoms with Crippen molar-refractivity contribution >= 4 is 23.3 Å². The molecule has 1 aromatic carbocycles. The molecule has 0 aliphatic carbocycles. The first-order chi connectivity index (χ1) is 8.19. The van der Waals surface area contributed by atoms with Gasteiger partial charge in [0.05, 0.1) is 5.69 Å². The molecule has 1 aromatic heterocycles. The fourth-order valence-electron chi connectivity index (χ4n) is 1.49. The molecule has 2 aromatic rings. The fourth-order valence-corrected chi connectivity index (χ4v) is 1.49. The molecular weight excluding hydrogens is 210 g/mol. The second kappa shape index (κ2) is 4.70. The number of hydrogen-bond acceptors (Lipinski definition) is 3. The van der Waals surface area contributed by atoms with Crippen molar-refractivity contribution in [3.63, 3.8) is 0 Å². The fraction of sp³-hybridized carbons (Fsp3) is 0.0714. The molecule has 0 spiro atoms. The van der Waals surface area contributed by atoms with Crippen LogP contribution in [0.3, 0.4) is 0 Å². The minimum atomic E-state index is 0.614. The van der Waals surface area contributed by atoms with Gasteiger partial charge in [0.25, 0.3) is 0 Å². The van der Waals surface area contributed by atoms with Crippen LogP contribution in [0.1, 0.15) is 11.1 Å². The summed E-state index contributed by atoms with van der Waals surface area (Å²) < 4.78 is 0. The molecule has 0 bridgehead atoms. The topological polar surface area (TPSA) is 50.9 Å². The lowest BCUT2D eigenvalue weighted by molar-refractivity contribution is 1.30. The van der Waals surface area contributed by atoms with Gasteiger partial charge >= 0.3 is 0 Å². The number of aromatic nitrogens is 1. The second-order valence-corrected chi connectivity index (χ2v) is 3.90. The molecule has 0 aliphatic heterocycles. The van der Waals surface area contributed by atoms with Crippen molar-refractivity contribution in [2.45, 2.75) is 6.92 Å². The molecule has 3 heteroatoms. The SMILES string of the molecule is C=Cc1cnc(Nc2ccc(C)cc2)c(N)c1. The Kier molecular flexibility index (Phi) is 3.10. The summed E-state index contributed by atoms with van der Waals surface area (Å²) in [6.45, 7) is 5.73. The first-order valence-corrected chi connectivity index (χ1v) is 5.40. The Bertz CT molecular complexity index is 530. The zero-order chi connectivity index (χ0) is 12.3. The van der Waals surface area contributed by atoms with Gasteiger partial charge in [-0.15, -0.1) is 0 Å². The van der Waals surface area contributed by atoms with E-state index in [0.717, 1.165) is 11.3 Å². The number of pyridine rings is 1. The molecule has 3 nitrogen and oxygen atoms in total. The molecule has 0 aliphatic rings. The number of nitrogen functional groups attached to an aromatic ring is 1. The van der Waals surface area contributed by atoms with E-state index in [9.17, 15) is 0 Å². The quantitative estimate of drug-likeness (QED) is 0.842. The monoisotopic (exact) mass is 225 g/mol. The molecule has 0 saturated carbocycles. The van der Waals surface area contributed by atoms with Crippen molar-refractivity contribution in [3.8, 4) is 0 Å². The number of rotatable bonds is 3. The lowest BCUT2D eigenvalue weighted by Crippen LogP contribution is -1.99. The van der Waals surface area contributed by atoms with Crippen LogP contribution in [0.2, 0.25) is 0 Å². The van der Waals surface area contributed by atoms with Gasteiger partial charge in [-0.3, -0.25) is 0 Å². The maximum atomic E-state index is 5.90. The van der Waals surface area contributed by atoms with Crippen molar-refractivity contribution in [2.75, 3.05) is 11.1 Å². The van der Waals surface area contributed by atoms with E-state index >= 15 is 0 Å². The summed E-state index contributed by atoms with van der Waals surface area (Å²) in [6, 6.07) is 9.92. The van der Waals surface area contributed by atoms with Crippen LogP contribution in [0.5, 0.6) is 0 Å². The van der Waals surface area contributed by atoms with Crippen LogP contribution in [-0.2, 0) is 0 Å². The standard InChI is InChI=1S/C14H15N3/c1-3-11-8-13(15)14(16-9-11)17-12-6-4-10(2)5-7-12/h3-9H,1,15H2,2H3,(H,16,17). The molecular formula is C14H15N3. The van der Waals surface area contributed by atoms with E-state index < -0.39 is 0 Å². The second-order valence-electron chi connectivity index (χ2n) is 3.90. The Balaban J connectivity index is 2.24. The first kappa shape index (κ1) is 11.2. The van der Waals surface area contributed by atoms with E-state index in [1.54, 1.807) is 12.3 Å². The maximum Gasteiger partial charge on any atom is 0.153 e. The third-order valence-corrected chi connectivity index (χ3v) is 2.49. The minimum absolute atomic E-state index is 0.614. The largest absolute Gasteiger partial charge is 0.396 e. The van der Waals surface area contributed by atoms with Crippen molar-refractivity contribution in [1.82, 2.24) is 4.98 Å². The molecule has 17 heavy (non-hydrogen) atoms. The van der Waals surface area contributed by atoms with E-state index in [1.165, 1.54) is 5.56 Å². The first-order valence-electron chi connectivity index (χ1n) is 5.40. The van der Waals surface area contributed by atoms with Gasteiger partial charge < -0.3 is 11.1 Å². The van der Waals surface area contributed by atoms with Crippen LogP contribution < -0.4 is 11.1 Å². The van der Waals surface area contributed by atoms with Crippen molar-refractivity contribution < 1.29 is 0 Å². The molecule has 1 heterocycles. The van der Waals surface area contributed by atoms with E-state index in [1.807, 2.05) is 30.3 Å². The van der Waals surface area contributed by atoms with Crippen LogP contribution >= 0.6 is 0 Å². The van der Waals surface area contributed by atoms with E-state index in [0.29, 0.717) is 11.5 Å². The summed E-state index contributed by atoms with van der Waals surface area (Å²) in [5.41, 5.74) is 9.62. The van der Waals surface area contributed by atoms with Crippen LogP contribution in [0.4, 0.5) is 17.2 Å². The van der Waals surface area contributed by atoms with E-state index in [4.69, 9.17) is 5.73 Å². The molecule has 0 fully saturated rings. The summed E-state index contributed by atoms with van der Waals surface area (Å²) in [4.78, 5) is 4.26. The van der Waals surface area contributed by atoms with Crippen LogP contribution in [0.25, 0.3) is 6.08 Å². The van der Waals surface area contributed by atoms with Crippen LogP contribution in [-0.4, -0.2) is 4.98 Å². The van der Waals surface area contributed by atoms with Gasteiger partial charge in [0, 0.05) is 11.9 Å². The summed E-state index contributed by atoms with van der Waals surface area (Å²) in [5, 5.41) is 3.18. The number of benzene rings is 1. The zero-order valence-electron chi connectivity index (χ0n) is 9.77. The molecule has 86 valence electrons. The third kappa shape index (κ3) is 2.64. The van der Waals surface area contributed by atoms with E-state index in [2.05, 4.69) is 23.8 Å². The molecule has 0 unspecified atom stereocenters. The van der Waals surface area contributed by atoms with Gasteiger partial charge in [0.2, 0.25) is 0 Å². The zero-order valence-corrected chi connectivity index (χ0v) is 9.77. The molecule has 2 rings (SSSR count). The van der Waals surface area contributed by atoms with Crippen LogP contribution in [0, 0.1) is 6.92 Å². The smallest absolute Gasteiger partial charge is 0.153 e. The van der Waals surface area contributed by atoms with Crippen LogP contribution in [0.15, 0.2) is 43.1 Å². The number of nitrogens with two attached hydrogens (primary N) is 1. The Morgan fingerprint density at radius 2 is 2.00 bits per heavy atom. The van der Waals surface area contributed by atoms with Gasteiger partial charge in [-0.25, -0.2) is 4.98 Å². The predicted molar refractivity (Wildman–Crippen MR) is 73.2 cm³/mol. The lowest BCUT2D eigenvalue weighted by Gasteiger charge is -2.09. The lowest BCUT2D eigenvalue weighted by atomic mass is 10.2. The van der Waals surface area contributed by atoms with Gasteiger partial charge in [-0.05, 0) is 30.7 Å². The van der Waals surface area contributed by atoms with Gasteiger partial charge in [-0.1, -0.05) is 30.4 Å². The Labute approximate surface area is 101 Å². The summed E-state index contributed by atoms with van der Waals surface area (Å²) in [5.74, 6) is 0.666. The molecule has 0 atom stereocenters. The van der Waals surface area contributed by atoms with Crippen molar-refractivity contribution in [1.29, 1.82) is 0 Å². The molecule has 3 N–H and O–H groups in total. The average molecular weight is 225 g/mol. The Hall–Kier alpha value is -2.29. The summed E-state index contributed by atoms with van der Waals surface area (Å²) >= 11 is 0. The molecule has 0 saturated heterocycles. The summed E-state index contributed by atoms with van der Waals surface area (Å²) in [6.07, 6.45) is 3.46. The highest BCUT2D eigenvalue weighted by Gasteiger charge is 2.01. The van der Waals surface area contributed by atoms with Gasteiger partial charge in [0.15, 0.2) is 5.82 Å². The van der Waals surface area contributed by atoms with Gasteiger partial charge in [0.1, 0.15) is 0 Å². The Morgan fingerprint density at radius 3 is 2.59 bits per heavy atom. The van der Waals surface area contributed by atoms with Crippen molar-refractivity contribution in [3.05, 3.63) is 54.2 Å². The average Bonchev–Trinajstić information content (AvgIpc) is 2.34. The molecule has 0 amide bonds. The van der Waals surface area contributed by atoms with Gasteiger partial charge in [-0.2, -0.15) is 0 Å². The highest BCUT2D eigenvalue weighted by Crippen LogP contribution is 2.21. The predicted octanol–water partition coefficient (Wildman–Crippen LogP) is 3.36. The number of anilines is 3. The minimum Gasteiger partial charge on any atom is -0.396 e. The highest BCUT2D eigenvalue weighted by molar-refractivity contribution is 5.70. The van der Waals surface area contributed by atoms with E-state index in [-0.39, 0.29) is 0 Å². The maximum absolute atomic E-state index is 5.90. The number of aryl methyl sites for hydroxylation is 1. The third-order valence-electron chi connectivity index (χ3n) is 2.49. The number of hydrogen-bond donors (Lipinski definition) is 2. The Morgan fingerprint density at radius 1 is 1.29 bits per heavy atom. The summed E-state index contributed by atoms with van der Waals surface area (Å²) in [7, 11) is 0. The number of nitrogens with zero attached hydrogens (tertiary/aromatic N) is 1. The number of nitrogens with one attached hydrogen (secondary N) is 1.